The number of hydrogen-bond acceptors (Lipinski definition) is 4. The SMILES string of the molecule is CN(CC(C(=N)N)c1ccccc1)C1CCS(=O)(=O)C1. The smallest absolute Gasteiger partial charge is 0.151 e. The van der Waals surface area contributed by atoms with Crippen LogP contribution in [0.2, 0.25) is 0 Å². The van der Waals surface area contributed by atoms with Gasteiger partial charge >= 0.3 is 0 Å². The molecule has 1 fully saturated rings. The van der Waals surface area contributed by atoms with Crippen LogP contribution in [0.25, 0.3) is 0 Å². The molecule has 0 radical (unpaired) electrons. The third-order valence-corrected chi connectivity index (χ3v) is 5.63. The number of nitrogens with two attached hydrogens (primary N) is 1. The van der Waals surface area contributed by atoms with Gasteiger partial charge in [-0.1, -0.05) is 30.3 Å². The maximum Gasteiger partial charge on any atom is 0.151 e. The summed E-state index contributed by atoms with van der Waals surface area (Å²) < 4.78 is 23.1. The standard InChI is InChI=1S/C14H21N3O2S/c1-17(12-7-8-20(18,19)10-12)9-13(14(15)16)11-5-3-2-4-6-11/h2-6,12-13H,7-10H2,1H3,(H3,15,16). The zero-order chi connectivity index (χ0) is 14.8. The second-order valence-corrected chi connectivity index (χ2v) is 7.64. The van der Waals surface area contributed by atoms with Gasteiger partial charge in [-0.15, -0.1) is 0 Å². The molecular weight excluding hydrogens is 274 g/mol. The first-order valence-electron chi connectivity index (χ1n) is 6.68. The van der Waals surface area contributed by atoms with Crippen LogP contribution in [0.4, 0.5) is 0 Å². The molecule has 0 saturated carbocycles. The molecule has 1 aliphatic rings. The summed E-state index contributed by atoms with van der Waals surface area (Å²) in [6, 6.07) is 9.70. The number of sulfone groups is 1. The monoisotopic (exact) mass is 295 g/mol. The lowest BCUT2D eigenvalue weighted by atomic mass is 9.97. The number of hydrogen-bond donors (Lipinski definition) is 2. The predicted molar refractivity (Wildman–Crippen MR) is 80.8 cm³/mol. The molecule has 1 heterocycles. The van der Waals surface area contributed by atoms with Crippen LogP contribution in [0.3, 0.4) is 0 Å². The van der Waals surface area contributed by atoms with Crippen molar-refractivity contribution >= 4 is 15.7 Å². The second-order valence-electron chi connectivity index (χ2n) is 5.42. The Bertz CT molecular complexity index is 571. The Balaban J connectivity index is 2.08. The molecule has 2 unspecified atom stereocenters. The van der Waals surface area contributed by atoms with E-state index in [9.17, 15) is 8.42 Å². The Morgan fingerprint density at radius 1 is 1.45 bits per heavy atom. The molecule has 110 valence electrons. The summed E-state index contributed by atoms with van der Waals surface area (Å²) in [5, 5.41) is 7.76. The Morgan fingerprint density at radius 2 is 2.10 bits per heavy atom. The van der Waals surface area contributed by atoms with Crippen LogP contribution in [0.15, 0.2) is 30.3 Å². The first-order valence-corrected chi connectivity index (χ1v) is 8.51. The van der Waals surface area contributed by atoms with E-state index in [1.54, 1.807) is 0 Å². The van der Waals surface area contributed by atoms with Gasteiger partial charge < -0.3 is 10.6 Å². The fourth-order valence-electron chi connectivity index (χ4n) is 2.63. The number of amidine groups is 1. The Kier molecular flexibility index (Phi) is 4.45. The molecule has 1 aromatic carbocycles. The van der Waals surface area contributed by atoms with Gasteiger partial charge in [0.1, 0.15) is 0 Å². The summed E-state index contributed by atoms with van der Waals surface area (Å²) in [4.78, 5) is 2.02. The van der Waals surface area contributed by atoms with E-state index in [1.807, 2.05) is 42.3 Å². The number of benzene rings is 1. The van der Waals surface area contributed by atoms with E-state index in [2.05, 4.69) is 0 Å². The first-order chi connectivity index (χ1) is 9.39. The maximum absolute atomic E-state index is 11.5. The average molecular weight is 295 g/mol. The minimum atomic E-state index is -2.89. The van der Waals surface area contributed by atoms with Crippen molar-refractivity contribution in [1.29, 1.82) is 5.41 Å². The van der Waals surface area contributed by atoms with E-state index >= 15 is 0 Å². The number of nitrogens with one attached hydrogen (secondary N) is 1. The average Bonchev–Trinajstić information content (AvgIpc) is 2.77. The summed E-state index contributed by atoms with van der Waals surface area (Å²) in [5.41, 5.74) is 6.70. The van der Waals surface area contributed by atoms with Gasteiger partial charge in [-0.05, 0) is 19.0 Å². The van der Waals surface area contributed by atoms with Gasteiger partial charge in [0.15, 0.2) is 9.84 Å². The third-order valence-electron chi connectivity index (χ3n) is 3.88. The highest BCUT2D eigenvalue weighted by molar-refractivity contribution is 7.91. The molecule has 1 aromatic rings. The summed E-state index contributed by atoms with van der Waals surface area (Å²) in [6.45, 7) is 0.569. The van der Waals surface area contributed by atoms with E-state index in [1.165, 1.54) is 0 Å². The highest BCUT2D eigenvalue weighted by Crippen LogP contribution is 2.21. The molecule has 6 heteroatoms. The molecule has 0 spiro atoms. The first kappa shape index (κ1) is 15.0. The van der Waals surface area contributed by atoms with Crippen molar-refractivity contribution in [2.75, 3.05) is 25.1 Å². The zero-order valence-electron chi connectivity index (χ0n) is 11.6. The minimum Gasteiger partial charge on any atom is -0.387 e. The molecule has 2 rings (SSSR count). The van der Waals surface area contributed by atoms with Crippen LogP contribution < -0.4 is 5.73 Å². The second kappa shape index (κ2) is 5.93. The van der Waals surface area contributed by atoms with E-state index in [-0.39, 0.29) is 29.3 Å². The van der Waals surface area contributed by atoms with Gasteiger partial charge in [0.25, 0.3) is 0 Å². The van der Waals surface area contributed by atoms with Gasteiger partial charge in [-0.3, -0.25) is 5.41 Å². The molecule has 1 aliphatic heterocycles. The highest BCUT2D eigenvalue weighted by atomic mass is 32.2. The van der Waals surface area contributed by atoms with Gasteiger partial charge in [0.2, 0.25) is 0 Å². The fourth-order valence-corrected chi connectivity index (χ4v) is 4.43. The summed E-state index contributed by atoms with van der Waals surface area (Å²) >= 11 is 0. The molecule has 0 aliphatic carbocycles. The van der Waals surface area contributed by atoms with Gasteiger partial charge in [-0.25, -0.2) is 8.42 Å². The highest BCUT2D eigenvalue weighted by Gasteiger charge is 2.32. The fraction of sp³-hybridized carbons (Fsp3) is 0.500. The largest absolute Gasteiger partial charge is 0.387 e. The van der Waals surface area contributed by atoms with Crippen LogP contribution in [0, 0.1) is 5.41 Å². The lowest BCUT2D eigenvalue weighted by molar-refractivity contribution is 0.259. The minimum absolute atomic E-state index is 0.0329. The van der Waals surface area contributed by atoms with Gasteiger partial charge in [0.05, 0.1) is 23.3 Å². The molecule has 0 aromatic heterocycles. The van der Waals surface area contributed by atoms with Crippen molar-refractivity contribution in [3.63, 3.8) is 0 Å². The lowest BCUT2D eigenvalue weighted by Gasteiger charge is -2.27. The van der Waals surface area contributed by atoms with Crippen LogP contribution in [0.1, 0.15) is 17.9 Å². The Hall–Kier alpha value is -1.40. The van der Waals surface area contributed by atoms with Gasteiger partial charge in [0, 0.05) is 12.6 Å². The normalized spacial score (nSPS) is 22.8. The van der Waals surface area contributed by atoms with E-state index < -0.39 is 9.84 Å². The summed E-state index contributed by atoms with van der Waals surface area (Å²) in [6.07, 6.45) is 0.665. The van der Waals surface area contributed by atoms with Crippen molar-refractivity contribution in [2.24, 2.45) is 5.73 Å². The zero-order valence-corrected chi connectivity index (χ0v) is 12.4. The summed E-state index contributed by atoms with van der Waals surface area (Å²) in [5.74, 6) is 0.398. The van der Waals surface area contributed by atoms with Crippen molar-refractivity contribution in [1.82, 2.24) is 4.90 Å². The Morgan fingerprint density at radius 3 is 2.60 bits per heavy atom. The molecule has 5 nitrogen and oxygen atoms in total. The van der Waals surface area contributed by atoms with Crippen molar-refractivity contribution < 1.29 is 8.42 Å². The molecule has 0 amide bonds. The number of nitrogens with zero attached hydrogens (tertiary/aromatic N) is 1. The van der Waals surface area contributed by atoms with Crippen molar-refractivity contribution in [3.8, 4) is 0 Å². The number of likely N-dealkylation sites (N-methyl/N-ethyl adjacent to an activating group) is 1. The molecule has 1 saturated heterocycles. The van der Waals surface area contributed by atoms with Crippen LogP contribution >= 0.6 is 0 Å². The van der Waals surface area contributed by atoms with Crippen LogP contribution in [0.5, 0.6) is 0 Å². The van der Waals surface area contributed by atoms with E-state index in [0.29, 0.717) is 13.0 Å². The van der Waals surface area contributed by atoms with Crippen molar-refractivity contribution in [2.45, 2.75) is 18.4 Å². The van der Waals surface area contributed by atoms with Crippen LogP contribution in [-0.2, 0) is 9.84 Å². The third kappa shape index (κ3) is 3.58. The summed E-state index contributed by atoms with van der Waals surface area (Å²) in [7, 11) is -0.981. The lowest BCUT2D eigenvalue weighted by Crippen LogP contribution is -2.39. The molecule has 3 N–H and O–H groups in total. The van der Waals surface area contributed by atoms with Crippen molar-refractivity contribution in [3.05, 3.63) is 35.9 Å². The topological polar surface area (TPSA) is 87.2 Å². The van der Waals surface area contributed by atoms with E-state index in [0.717, 1.165) is 5.56 Å². The van der Waals surface area contributed by atoms with Gasteiger partial charge in [-0.2, -0.15) is 0 Å². The maximum atomic E-state index is 11.5. The Labute approximate surface area is 120 Å². The predicted octanol–water partition coefficient (Wildman–Crippen LogP) is 0.825. The van der Waals surface area contributed by atoms with E-state index in [4.69, 9.17) is 11.1 Å². The molecule has 20 heavy (non-hydrogen) atoms. The molecule has 2 atom stereocenters. The quantitative estimate of drug-likeness (QED) is 0.622. The molecular formula is C14H21N3O2S. The molecule has 0 bridgehead atoms. The number of rotatable bonds is 5. The van der Waals surface area contributed by atoms with Crippen LogP contribution in [-0.4, -0.2) is 50.3 Å².